The summed E-state index contributed by atoms with van der Waals surface area (Å²) in [4.78, 5) is 0. The largest absolute Gasteiger partial charge is 0.393 e. The molecule has 0 spiro atoms. The Balaban J connectivity index is 0.000000340. The van der Waals surface area contributed by atoms with Crippen molar-refractivity contribution < 1.29 is 10.2 Å². The van der Waals surface area contributed by atoms with Crippen molar-refractivity contribution in [3.8, 4) is 0 Å². The molecule has 0 amide bonds. The van der Waals surface area contributed by atoms with E-state index in [1.807, 2.05) is 0 Å². The molecule has 204 valence electrons. The van der Waals surface area contributed by atoms with Gasteiger partial charge in [-0.2, -0.15) is 0 Å². The standard InChI is InChI=1S/2C16H32O/c1-15(2,3)10-9-12-7-8-14(17)13(11-12)16(4,5)6;1-15(2,3)10-9-12-7-8-13(14(17)11-12)16(4,5)6/h2*12-14,17H,7-11H2,1-6H3. The third-order valence-electron chi connectivity index (χ3n) is 8.68. The molecule has 2 rings (SSSR count). The van der Waals surface area contributed by atoms with Crippen molar-refractivity contribution in [1.29, 1.82) is 0 Å². The number of hydrogen-bond acceptors (Lipinski definition) is 2. The third-order valence-corrected chi connectivity index (χ3v) is 8.68. The van der Waals surface area contributed by atoms with Crippen LogP contribution in [0.2, 0.25) is 0 Å². The lowest BCUT2D eigenvalue weighted by Crippen LogP contribution is -2.37. The number of hydrogen-bond donors (Lipinski definition) is 2. The molecule has 0 radical (unpaired) electrons. The minimum absolute atomic E-state index is 0.0686. The predicted octanol–water partition coefficient (Wildman–Crippen LogP) is 9.27. The lowest BCUT2D eigenvalue weighted by atomic mass is 9.66. The number of rotatable bonds is 4. The molecule has 34 heavy (non-hydrogen) atoms. The first-order chi connectivity index (χ1) is 15.2. The lowest BCUT2D eigenvalue weighted by Gasteiger charge is -2.41. The molecule has 6 atom stereocenters. The third kappa shape index (κ3) is 12.2. The van der Waals surface area contributed by atoms with Gasteiger partial charge in [-0.1, -0.05) is 83.1 Å². The second-order valence-electron chi connectivity index (χ2n) is 16.6. The zero-order valence-corrected chi connectivity index (χ0v) is 25.4. The summed E-state index contributed by atoms with van der Waals surface area (Å²) in [6.45, 7) is 27.5. The van der Waals surface area contributed by atoms with Gasteiger partial charge in [0.25, 0.3) is 0 Å². The van der Waals surface area contributed by atoms with Crippen LogP contribution in [0, 0.1) is 45.3 Å². The second kappa shape index (κ2) is 12.4. The van der Waals surface area contributed by atoms with Gasteiger partial charge in [-0.15, -0.1) is 0 Å². The van der Waals surface area contributed by atoms with Crippen LogP contribution in [0.1, 0.15) is 147 Å². The molecular weight excluding hydrogens is 416 g/mol. The average Bonchev–Trinajstić information content (AvgIpc) is 2.63. The maximum absolute atomic E-state index is 10.3. The second-order valence-corrected chi connectivity index (χ2v) is 16.6. The van der Waals surface area contributed by atoms with E-state index in [0.717, 1.165) is 24.7 Å². The molecule has 0 aliphatic heterocycles. The molecule has 2 saturated carbocycles. The highest BCUT2D eigenvalue weighted by Crippen LogP contribution is 2.43. The Morgan fingerprint density at radius 1 is 0.500 bits per heavy atom. The molecule has 2 aliphatic rings. The molecule has 0 bridgehead atoms. The van der Waals surface area contributed by atoms with Gasteiger partial charge in [0, 0.05) is 0 Å². The van der Waals surface area contributed by atoms with Gasteiger partial charge in [0.1, 0.15) is 0 Å². The van der Waals surface area contributed by atoms with Crippen LogP contribution in [0.15, 0.2) is 0 Å². The zero-order chi connectivity index (χ0) is 26.5. The Morgan fingerprint density at radius 3 is 1.29 bits per heavy atom. The van der Waals surface area contributed by atoms with Gasteiger partial charge < -0.3 is 10.2 Å². The first-order valence-corrected chi connectivity index (χ1v) is 14.6. The summed E-state index contributed by atoms with van der Waals surface area (Å²) < 4.78 is 0. The monoisotopic (exact) mass is 480 g/mol. The summed E-state index contributed by atoms with van der Waals surface area (Å²) in [6, 6.07) is 0. The average molecular weight is 481 g/mol. The van der Waals surface area contributed by atoms with E-state index in [1.165, 1.54) is 51.4 Å². The molecule has 2 N–H and O–H groups in total. The fraction of sp³-hybridized carbons (Fsp3) is 1.00. The zero-order valence-electron chi connectivity index (χ0n) is 25.4. The van der Waals surface area contributed by atoms with E-state index in [0.29, 0.717) is 22.7 Å². The summed E-state index contributed by atoms with van der Waals surface area (Å²) in [7, 11) is 0. The summed E-state index contributed by atoms with van der Waals surface area (Å²) in [5.74, 6) is 2.57. The summed E-state index contributed by atoms with van der Waals surface area (Å²) >= 11 is 0. The van der Waals surface area contributed by atoms with Gasteiger partial charge in [-0.25, -0.2) is 0 Å². The molecule has 2 aliphatic carbocycles. The van der Waals surface area contributed by atoms with E-state index in [-0.39, 0.29) is 23.0 Å². The first-order valence-electron chi connectivity index (χ1n) is 14.6. The Labute approximate surface area is 215 Å². The highest BCUT2D eigenvalue weighted by Gasteiger charge is 2.37. The summed E-state index contributed by atoms with van der Waals surface area (Å²) in [5.41, 5.74) is 1.40. The molecule has 2 heteroatoms. The highest BCUT2D eigenvalue weighted by molar-refractivity contribution is 4.88. The van der Waals surface area contributed by atoms with Crippen LogP contribution in [-0.2, 0) is 0 Å². The van der Waals surface area contributed by atoms with Crippen LogP contribution in [0.3, 0.4) is 0 Å². The van der Waals surface area contributed by atoms with Crippen molar-refractivity contribution in [1.82, 2.24) is 0 Å². The van der Waals surface area contributed by atoms with E-state index in [4.69, 9.17) is 0 Å². The maximum Gasteiger partial charge on any atom is 0.0576 e. The van der Waals surface area contributed by atoms with E-state index >= 15 is 0 Å². The highest BCUT2D eigenvalue weighted by atomic mass is 16.3. The van der Waals surface area contributed by atoms with Gasteiger partial charge in [0.2, 0.25) is 0 Å². The van der Waals surface area contributed by atoms with Gasteiger partial charge in [0.15, 0.2) is 0 Å². The minimum Gasteiger partial charge on any atom is -0.393 e. The van der Waals surface area contributed by atoms with Crippen LogP contribution in [0.5, 0.6) is 0 Å². The Kier molecular flexibility index (Phi) is 11.7. The molecule has 0 saturated heterocycles. The Morgan fingerprint density at radius 2 is 0.912 bits per heavy atom. The SMILES string of the molecule is CC(C)(C)CCC1CCC(C(C)(C)C)C(O)C1.CC(C)(C)CCC1CCC(O)C(C(C)(C)C)C1. The normalized spacial score (nSPS) is 31.6. The fourth-order valence-electron chi connectivity index (χ4n) is 6.21. The molecule has 2 fully saturated rings. The summed E-state index contributed by atoms with van der Waals surface area (Å²) in [6.07, 6.45) is 12.1. The first kappa shape index (κ1) is 31.9. The molecule has 0 aromatic heterocycles. The molecule has 0 aromatic rings. The fourth-order valence-corrected chi connectivity index (χ4v) is 6.21. The lowest BCUT2D eigenvalue weighted by molar-refractivity contribution is -0.0117. The van der Waals surface area contributed by atoms with Crippen molar-refractivity contribution in [3.05, 3.63) is 0 Å². The Hall–Kier alpha value is -0.0800. The predicted molar refractivity (Wildman–Crippen MR) is 150 cm³/mol. The van der Waals surface area contributed by atoms with Gasteiger partial charge in [0.05, 0.1) is 12.2 Å². The van der Waals surface area contributed by atoms with Crippen molar-refractivity contribution in [2.24, 2.45) is 45.3 Å². The van der Waals surface area contributed by atoms with E-state index in [1.54, 1.807) is 0 Å². The number of aliphatic hydroxyl groups excluding tert-OH is 2. The van der Waals surface area contributed by atoms with Crippen LogP contribution >= 0.6 is 0 Å². The van der Waals surface area contributed by atoms with Crippen LogP contribution in [-0.4, -0.2) is 22.4 Å². The molecule has 6 unspecified atom stereocenters. The maximum atomic E-state index is 10.3. The minimum atomic E-state index is -0.0753. The molecule has 0 heterocycles. The quantitative estimate of drug-likeness (QED) is 0.421. The van der Waals surface area contributed by atoms with E-state index in [2.05, 4.69) is 83.1 Å². The van der Waals surface area contributed by atoms with E-state index in [9.17, 15) is 10.2 Å². The van der Waals surface area contributed by atoms with Crippen molar-refractivity contribution in [2.45, 2.75) is 160 Å². The van der Waals surface area contributed by atoms with Crippen molar-refractivity contribution in [2.75, 3.05) is 0 Å². The van der Waals surface area contributed by atoms with Crippen molar-refractivity contribution >= 4 is 0 Å². The molecule has 2 nitrogen and oxygen atoms in total. The smallest absolute Gasteiger partial charge is 0.0576 e. The number of aliphatic hydroxyl groups is 2. The van der Waals surface area contributed by atoms with Crippen LogP contribution < -0.4 is 0 Å². The molecular formula is C32H64O2. The van der Waals surface area contributed by atoms with Gasteiger partial charge in [-0.3, -0.25) is 0 Å². The topological polar surface area (TPSA) is 40.5 Å². The van der Waals surface area contributed by atoms with Gasteiger partial charge >= 0.3 is 0 Å². The molecule has 0 aromatic carbocycles. The van der Waals surface area contributed by atoms with Crippen molar-refractivity contribution in [3.63, 3.8) is 0 Å². The Bertz CT molecular complexity index is 566. The van der Waals surface area contributed by atoms with E-state index < -0.39 is 0 Å². The van der Waals surface area contributed by atoms with Crippen LogP contribution in [0.25, 0.3) is 0 Å². The summed E-state index contributed by atoms with van der Waals surface area (Å²) in [5, 5.41) is 20.5. The van der Waals surface area contributed by atoms with Gasteiger partial charge in [-0.05, 0) is 110 Å². The van der Waals surface area contributed by atoms with Crippen LogP contribution in [0.4, 0.5) is 0 Å².